The molecule has 3 rings (SSSR count). The number of amides is 1. The lowest BCUT2D eigenvalue weighted by Gasteiger charge is -2.43. The van der Waals surface area contributed by atoms with Crippen LogP contribution in [0.5, 0.6) is 0 Å². The van der Waals surface area contributed by atoms with Gasteiger partial charge in [-0.2, -0.15) is 0 Å². The molecule has 2 aromatic rings. The van der Waals surface area contributed by atoms with E-state index in [4.69, 9.17) is 4.52 Å². The fourth-order valence-electron chi connectivity index (χ4n) is 4.36. The van der Waals surface area contributed by atoms with Crippen molar-refractivity contribution in [3.05, 3.63) is 41.7 Å². The minimum atomic E-state index is -0.444. The highest BCUT2D eigenvalue weighted by Gasteiger charge is 2.44. The van der Waals surface area contributed by atoms with Crippen molar-refractivity contribution in [3.8, 4) is 11.3 Å². The third kappa shape index (κ3) is 4.64. The summed E-state index contributed by atoms with van der Waals surface area (Å²) in [5.74, 6) is 1.56. The van der Waals surface area contributed by atoms with Crippen molar-refractivity contribution < 1.29 is 9.32 Å². The zero-order valence-corrected chi connectivity index (χ0v) is 17.9. The summed E-state index contributed by atoms with van der Waals surface area (Å²) >= 11 is 0. The summed E-state index contributed by atoms with van der Waals surface area (Å²) in [6.45, 7) is 9.39. The number of aromatic nitrogens is 1. The fraction of sp³-hybridized carbons (Fsp3) is 0.565. The molecule has 28 heavy (non-hydrogen) atoms. The van der Waals surface area contributed by atoms with Gasteiger partial charge in [0.15, 0.2) is 0 Å². The molecule has 152 valence electrons. The summed E-state index contributed by atoms with van der Waals surface area (Å²) in [4.78, 5) is 17.4. The number of carbonyl (C=O) groups excluding carboxylic acids is 1. The second kappa shape index (κ2) is 8.48. The van der Waals surface area contributed by atoms with Gasteiger partial charge in [0, 0.05) is 45.2 Å². The molecule has 0 radical (unpaired) electrons. The van der Waals surface area contributed by atoms with Crippen LogP contribution >= 0.6 is 0 Å². The highest BCUT2D eigenvalue weighted by atomic mass is 16.5. The lowest BCUT2D eigenvalue weighted by atomic mass is 9.75. The van der Waals surface area contributed by atoms with Crippen LogP contribution in [0.2, 0.25) is 0 Å². The molecule has 5 heteroatoms. The first-order valence-electron chi connectivity index (χ1n) is 10.3. The van der Waals surface area contributed by atoms with E-state index in [-0.39, 0.29) is 5.91 Å². The first kappa shape index (κ1) is 20.6. The lowest BCUT2D eigenvalue weighted by Crippen LogP contribution is -2.53. The molecule has 1 aromatic heterocycles. The van der Waals surface area contributed by atoms with Crippen molar-refractivity contribution in [2.45, 2.75) is 40.0 Å². The van der Waals surface area contributed by atoms with E-state index >= 15 is 0 Å². The number of likely N-dealkylation sites (tertiary alicyclic amines) is 1. The van der Waals surface area contributed by atoms with Gasteiger partial charge in [0.1, 0.15) is 11.5 Å². The summed E-state index contributed by atoms with van der Waals surface area (Å²) < 4.78 is 5.68. The maximum atomic E-state index is 13.2. The Balaban J connectivity index is 1.84. The number of hydrogen-bond acceptors (Lipinski definition) is 4. The van der Waals surface area contributed by atoms with Gasteiger partial charge in [-0.1, -0.05) is 48.8 Å². The normalized spacial score (nSPS) is 20.5. The summed E-state index contributed by atoms with van der Waals surface area (Å²) in [5.41, 5.74) is 2.65. The number of benzene rings is 1. The SMILES string of the molecule is Cc1ccc(-c2cc(C[C@@]3(C(=O)N(C)C)CCCN(CC(C)C)C3)on2)cc1. The van der Waals surface area contributed by atoms with Gasteiger partial charge in [0.05, 0.1) is 5.41 Å². The maximum absolute atomic E-state index is 13.2. The minimum absolute atomic E-state index is 0.189. The van der Waals surface area contributed by atoms with Gasteiger partial charge in [-0.15, -0.1) is 0 Å². The van der Waals surface area contributed by atoms with Gasteiger partial charge in [-0.3, -0.25) is 4.79 Å². The Morgan fingerprint density at radius 3 is 2.64 bits per heavy atom. The largest absolute Gasteiger partial charge is 0.361 e. The van der Waals surface area contributed by atoms with Crippen molar-refractivity contribution >= 4 is 5.91 Å². The van der Waals surface area contributed by atoms with E-state index in [1.54, 1.807) is 4.90 Å². The molecule has 0 N–H and O–H groups in total. The molecule has 0 bridgehead atoms. The maximum Gasteiger partial charge on any atom is 0.230 e. The molecule has 2 heterocycles. The van der Waals surface area contributed by atoms with E-state index in [0.717, 1.165) is 49.5 Å². The quantitative estimate of drug-likeness (QED) is 0.756. The summed E-state index contributed by atoms with van der Waals surface area (Å²) in [6, 6.07) is 10.3. The van der Waals surface area contributed by atoms with Crippen LogP contribution in [-0.2, 0) is 11.2 Å². The average molecular weight is 384 g/mol. The molecule has 1 amide bonds. The van der Waals surface area contributed by atoms with Crippen LogP contribution in [-0.4, -0.2) is 54.6 Å². The Morgan fingerprint density at radius 2 is 2.00 bits per heavy atom. The van der Waals surface area contributed by atoms with Crippen LogP contribution < -0.4 is 0 Å². The van der Waals surface area contributed by atoms with Crippen molar-refractivity contribution in [1.82, 2.24) is 15.0 Å². The van der Waals surface area contributed by atoms with E-state index in [9.17, 15) is 4.79 Å². The van der Waals surface area contributed by atoms with Crippen molar-refractivity contribution in [2.75, 3.05) is 33.7 Å². The van der Waals surface area contributed by atoms with Crippen LogP contribution in [0, 0.1) is 18.3 Å². The van der Waals surface area contributed by atoms with E-state index in [2.05, 4.69) is 55.1 Å². The van der Waals surface area contributed by atoms with Gasteiger partial charge in [0.25, 0.3) is 0 Å². The van der Waals surface area contributed by atoms with Gasteiger partial charge >= 0.3 is 0 Å². The zero-order valence-electron chi connectivity index (χ0n) is 17.9. The molecule has 1 saturated heterocycles. The molecular weight excluding hydrogens is 350 g/mol. The third-order valence-corrected chi connectivity index (χ3v) is 5.56. The summed E-state index contributed by atoms with van der Waals surface area (Å²) in [5, 5.41) is 4.27. The first-order chi connectivity index (χ1) is 13.3. The second-order valence-corrected chi connectivity index (χ2v) is 8.93. The molecule has 0 spiro atoms. The van der Waals surface area contributed by atoms with Gasteiger partial charge < -0.3 is 14.3 Å². The Bertz CT molecular complexity index is 794. The number of carbonyl (C=O) groups is 1. The highest BCUT2D eigenvalue weighted by Crippen LogP contribution is 2.36. The van der Waals surface area contributed by atoms with Crippen LogP contribution in [0.3, 0.4) is 0 Å². The Kier molecular flexibility index (Phi) is 6.23. The zero-order chi connectivity index (χ0) is 20.3. The summed E-state index contributed by atoms with van der Waals surface area (Å²) in [6.07, 6.45) is 2.52. The van der Waals surface area contributed by atoms with Crippen LogP contribution in [0.15, 0.2) is 34.9 Å². The molecule has 1 aliphatic rings. The number of piperidine rings is 1. The molecule has 1 fully saturated rings. The minimum Gasteiger partial charge on any atom is -0.361 e. The second-order valence-electron chi connectivity index (χ2n) is 8.93. The van der Waals surface area contributed by atoms with E-state index in [1.807, 2.05) is 20.2 Å². The molecule has 0 saturated carbocycles. The monoisotopic (exact) mass is 383 g/mol. The number of hydrogen-bond donors (Lipinski definition) is 0. The van der Waals surface area contributed by atoms with Crippen LogP contribution in [0.1, 0.15) is 38.0 Å². The predicted octanol–water partition coefficient (Wildman–Crippen LogP) is 4.02. The molecular formula is C23H33N3O2. The standard InChI is InChI=1S/C23H33N3O2/c1-17(2)15-26-12-6-11-23(16-26,22(27)25(4)5)14-20-13-21(24-28-20)19-9-7-18(3)8-10-19/h7-10,13,17H,6,11-12,14-16H2,1-5H3/t23-/m0/s1. The van der Waals surface area contributed by atoms with Crippen LogP contribution in [0.25, 0.3) is 11.3 Å². The molecule has 1 aromatic carbocycles. The van der Waals surface area contributed by atoms with E-state index in [0.29, 0.717) is 12.3 Å². The molecule has 1 aliphatic heterocycles. The van der Waals surface area contributed by atoms with E-state index in [1.165, 1.54) is 5.56 Å². The van der Waals surface area contributed by atoms with Crippen molar-refractivity contribution in [1.29, 1.82) is 0 Å². The molecule has 0 aliphatic carbocycles. The van der Waals surface area contributed by atoms with Gasteiger partial charge in [-0.05, 0) is 32.2 Å². The molecule has 1 atom stereocenters. The third-order valence-electron chi connectivity index (χ3n) is 5.56. The van der Waals surface area contributed by atoms with E-state index < -0.39 is 5.41 Å². The Labute approximate surface area is 168 Å². The van der Waals surface area contributed by atoms with Gasteiger partial charge in [0.2, 0.25) is 5.91 Å². The Hall–Kier alpha value is -2.14. The number of nitrogens with zero attached hydrogens (tertiary/aromatic N) is 3. The summed E-state index contributed by atoms with van der Waals surface area (Å²) in [7, 11) is 3.70. The first-order valence-corrected chi connectivity index (χ1v) is 10.3. The van der Waals surface area contributed by atoms with Crippen LogP contribution in [0.4, 0.5) is 0 Å². The smallest absolute Gasteiger partial charge is 0.230 e. The Morgan fingerprint density at radius 1 is 1.29 bits per heavy atom. The highest BCUT2D eigenvalue weighted by molar-refractivity contribution is 5.83. The average Bonchev–Trinajstić information content (AvgIpc) is 3.09. The topological polar surface area (TPSA) is 49.6 Å². The van der Waals surface area contributed by atoms with Gasteiger partial charge in [-0.25, -0.2) is 0 Å². The molecule has 5 nitrogen and oxygen atoms in total. The van der Waals surface area contributed by atoms with Crippen molar-refractivity contribution in [3.63, 3.8) is 0 Å². The fourth-order valence-corrected chi connectivity index (χ4v) is 4.36. The predicted molar refractivity (Wildman–Crippen MR) is 112 cm³/mol. The molecule has 0 unspecified atom stereocenters. The van der Waals surface area contributed by atoms with Crippen molar-refractivity contribution in [2.24, 2.45) is 11.3 Å². The number of rotatable bonds is 6. The lowest BCUT2D eigenvalue weighted by molar-refractivity contribution is -0.143. The number of aryl methyl sites for hydroxylation is 1.